The molecule has 0 bridgehead atoms. The van der Waals surface area contributed by atoms with Crippen LogP contribution in [0.1, 0.15) is 37.0 Å². The summed E-state index contributed by atoms with van der Waals surface area (Å²) in [5.74, 6) is 1.40. The fourth-order valence-electron chi connectivity index (χ4n) is 2.12. The van der Waals surface area contributed by atoms with Crippen LogP contribution in [-0.2, 0) is 0 Å². The van der Waals surface area contributed by atoms with Crippen molar-refractivity contribution in [1.82, 2.24) is 0 Å². The average Bonchev–Trinajstić information content (AvgIpc) is 2.50. The minimum absolute atomic E-state index is 0.545. The summed E-state index contributed by atoms with van der Waals surface area (Å²) in [6.45, 7) is 5.33. The molecule has 2 rings (SSSR count). The number of carbonyl (C=O) groups is 1. The fraction of sp³-hybridized carbons (Fsp3) is 0.353. The smallest absolute Gasteiger partial charge is 0.153 e. The van der Waals surface area contributed by atoms with E-state index in [2.05, 4.69) is 6.92 Å². The molecule has 0 aliphatic heterocycles. The van der Waals surface area contributed by atoms with Crippen molar-refractivity contribution in [3.8, 4) is 11.5 Å². The van der Waals surface area contributed by atoms with E-state index in [0.29, 0.717) is 24.5 Å². The van der Waals surface area contributed by atoms with Crippen LogP contribution in [0.2, 0.25) is 0 Å². The van der Waals surface area contributed by atoms with Gasteiger partial charge in [-0.2, -0.15) is 0 Å². The Morgan fingerprint density at radius 1 is 1.00 bits per heavy atom. The Bertz CT molecular complexity index is 590. The molecule has 0 aliphatic carbocycles. The third-order valence-corrected chi connectivity index (χ3v) is 3.03. The Morgan fingerprint density at radius 3 is 2.30 bits per heavy atom. The molecule has 3 nitrogen and oxygen atoms in total. The van der Waals surface area contributed by atoms with Crippen molar-refractivity contribution < 1.29 is 14.3 Å². The molecule has 0 unspecified atom stereocenters. The van der Waals surface area contributed by atoms with Crippen molar-refractivity contribution in [2.24, 2.45) is 0 Å². The van der Waals surface area contributed by atoms with Gasteiger partial charge in [0.1, 0.15) is 11.5 Å². The molecule has 0 aliphatic rings. The van der Waals surface area contributed by atoms with Gasteiger partial charge in [-0.3, -0.25) is 4.79 Å². The molecule has 0 amide bonds. The number of fused-ring (bicyclic) bond motifs is 1. The zero-order valence-electron chi connectivity index (χ0n) is 12.0. The predicted octanol–water partition coefficient (Wildman–Crippen LogP) is 4.23. The van der Waals surface area contributed by atoms with E-state index >= 15 is 0 Å². The lowest BCUT2D eigenvalue weighted by atomic mass is 10.0. The largest absolute Gasteiger partial charge is 0.493 e. The molecule has 106 valence electrons. The second-order valence-electron chi connectivity index (χ2n) is 4.65. The van der Waals surface area contributed by atoms with Crippen molar-refractivity contribution in [3.63, 3.8) is 0 Å². The molecule has 3 heteroatoms. The lowest BCUT2D eigenvalue weighted by Gasteiger charge is -2.15. The maximum Gasteiger partial charge on any atom is 0.153 e. The number of aldehydes is 1. The van der Waals surface area contributed by atoms with Crippen molar-refractivity contribution in [1.29, 1.82) is 0 Å². The lowest BCUT2D eigenvalue weighted by molar-refractivity contribution is 0.111. The second kappa shape index (κ2) is 6.94. The summed E-state index contributed by atoms with van der Waals surface area (Å²) in [6, 6.07) is 9.64. The number of hydrogen-bond donors (Lipinski definition) is 0. The normalized spacial score (nSPS) is 10.5. The average molecular weight is 272 g/mol. The highest BCUT2D eigenvalue weighted by Crippen LogP contribution is 2.36. The Labute approximate surface area is 119 Å². The van der Waals surface area contributed by atoms with E-state index in [1.54, 1.807) is 6.07 Å². The van der Waals surface area contributed by atoms with Gasteiger partial charge in [0.25, 0.3) is 0 Å². The quantitative estimate of drug-likeness (QED) is 0.707. The minimum Gasteiger partial charge on any atom is -0.493 e. The Balaban J connectivity index is 2.57. The summed E-state index contributed by atoms with van der Waals surface area (Å²) >= 11 is 0. The highest BCUT2D eigenvalue weighted by Gasteiger charge is 2.13. The van der Waals surface area contributed by atoms with Gasteiger partial charge in [-0.25, -0.2) is 0 Å². The van der Waals surface area contributed by atoms with E-state index in [1.807, 2.05) is 31.2 Å². The fourth-order valence-corrected chi connectivity index (χ4v) is 2.12. The van der Waals surface area contributed by atoms with Crippen LogP contribution < -0.4 is 9.47 Å². The molecule has 2 aromatic rings. The van der Waals surface area contributed by atoms with Gasteiger partial charge >= 0.3 is 0 Å². The first-order valence-electron chi connectivity index (χ1n) is 7.08. The first kappa shape index (κ1) is 14.4. The third-order valence-electron chi connectivity index (χ3n) is 3.03. The van der Waals surface area contributed by atoms with Crippen LogP contribution in [-0.4, -0.2) is 19.5 Å². The number of rotatable bonds is 7. The van der Waals surface area contributed by atoms with E-state index in [0.717, 1.165) is 35.6 Å². The monoisotopic (exact) mass is 272 g/mol. The number of carbonyl (C=O) groups excluding carboxylic acids is 1. The van der Waals surface area contributed by atoms with Gasteiger partial charge in [-0.15, -0.1) is 0 Å². The van der Waals surface area contributed by atoms with Crippen LogP contribution in [0.4, 0.5) is 0 Å². The summed E-state index contributed by atoms with van der Waals surface area (Å²) in [5.41, 5.74) is 0.545. The highest BCUT2D eigenvalue weighted by atomic mass is 16.5. The van der Waals surface area contributed by atoms with Crippen LogP contribution in [0.25, 0.3) is 10.8 Å². The summed E-state index contributed by atoms with van der Waals surface area (Å²) in [6.07, 6.45) is 2.66. The molecule has 0 atom stereocenters. The molecule has 2 aromatic carbocycles. The first-order chi connectivity index (χ1) is 9.81. The number of hydrogen-bond acceptors (Lipinski definition) is 3. The standard InChI is InChI=1S/C17H20O3/c1-3-9-19-16-11-13(12-18)17(20-10-4-2)15-8-6-5-7-14(15)16/h5-8,11-12H,3-4,9-10H2,1-2H3. The van der Waals surface area contributed by atoms with Gasteiger partial charge in [0.05, 0.1) is 18.8 Å². The molecular formula is C17H20O3. The molecule has 0 heterocycles. The first-order valence-corrected chi connectivity index (χ1v) is 7.08. The van der Waals surface area contributed by atoms with Gasteiger partial charge in [-0.05, 0) is 18.9 Å². The summed E-state index contributed by atoms with van der Waals surface area (Å²) in [5, 5.41) is 1.91. The van der Waals surface area contributed by atoms with Gasteiger partial charge in [0, 0.05) is 10.8 Å². The topological polar surface area (TPSA) is 35.5 Å². The maximum absolute atomic E-state index is 11.3. The molecule has 20 heavy (non-hydrogen) atoms. The van der Waals surface area contributed by atoms with Crippen molar-refractivity contribution in [3.05, 3.63) is 35.9 Å². The van der Waals surface area contributed by atoms with Crippen molar-refractivity contribution in [2.75, 3.05) is 13.2 Å². The zero-order valence-corrected chi connectivity index (χ0v) is 12.0. The molecule has 0 aromatic heterocycles. The molecule has 0 spiro atoms. The molecule has 0 saturated carbocycles. The van der Waals surface area contributed by atoms with Gasteiger partial charge in [0.15, 0.2) is 6.29 Å². The van der Waals surface area contributed by atoms with Crippen LogP contribution >= 0.6 is 0 Å². The molecule has 0 N–H and O–H groups in total. The number of ether oxygens (including phenoxy) is 2. The van der Waals surface area contributed by atoms with Crippen LogP contribution in [0.3, 0.4) is 0 Å². The van der Waals surface area contributed by atoms with Gasteiger partial charge in [-0.1, -0.05) is 38.1 Å². The predicted molar refractivity (Wildman–Crippen MR) is 80.9 cm³/mol. The van der Waals surface area contributed by atoms with Crippen LogP contribution in [0.15, 0.2) is 30.3 Å². The molecule has 0 radical (unpaired) electrons. The van der Waals surface area contributed by atoms with E-state index in [4.69, 9.17) is 9.47 Å². The Kier molecular flexibility index (Phi) is 4.99. The maximum atomic E-state index is 11.3. The molecular weight excluding hydrogens is 252 g/mol. The Morgan fingerprint density at radius 2 is 1.65 bits per heavy atom. The van der Waals surface area contributed by atoms with E-state index in [9.17, 15) is 4.79 Å². The lowest BCUT2D eigenvalue weighted by Crippen LogP contribution is -2.02. The van der Waals surface area contributed by atoms with Gasteiger partial charge < -0.3 is 9.47 Å². The zero-order chi connectivity index (χ0) is 14.4. The summed E-state index contributed by atoms with van der Waals surface area (Å²) in [7, 11) is 0. The summed E-state index contributed by atoms with van der Waals surface area (Å²) in [4.78, 5) is 11.3. The van der Waals surface area contributed by atoms with Gasteiger partial charge in [0.2, 0.25) is 0 Å². The SMILES string of the molecule is CCCOc1cc(C=O)c(OCCC)c2ccccc12. The van der Waals surface area contributed by atoms with E-state index < -0.39 is 0 Å². The highest BCUT2D eigenvalue weighted by molar-refractivity contribution is 5.99. The van der Waals surface area contributed by atoms with Crippen molar-refractivity contribution in [2.45, 2.75) is 26.7 Å². The van der Waals surface area contributed by atoms with E-state index in [-0.39, 0.29) is 0 Å². The summed E-state index contributed by atoms with van der Waals surface area (Å²) < 4.78 is 11.5. The van der Waals surface area contributed by atoms with Crippen molar-refractivity contribution >= 4 is 17.1 Å². The van der Waals surface area contributed by atoms with Crippen LogP contribution in [0, 0.1) is 0 Å². The van der Waals surface area contributed by atoms with E-state index in [1.165, 1.54) is 0 Å². The molecule has 0 fully saturated rings. The van der Waals surface area contributed by atoms with Crippen LogP contribution in [0.5, 0.6) is 11.5 Å². The Hall–Kier alpha value is -2.03. The third kappa shape index (κ3) is 2.93. The molecule has 0 saturated heterocycles. The number of benzene rings is 2. The minimum atomic E-state index is 0.545. The second-order valence-corrected chi connectivity index (χ2v) is 4.65.